The van der Waals surface area contributed by atoms with Crippen LogP contribution in [-0.4, -0.2) is 6.16 Å². The van der Waals surface area contributed by atoms with E-state index in [1.807, 2.05) is 0 Å². The molecule has 27 heavy (non-hydrogen) atoms. The molecule has 0 aliphatic carbocycles. The van der Waals surface area contributed by atoms with Crippen molar-refractivity contribution in [1.29, 1.82) is 0 Å². The van der Waals surface area contributed by atoms with Gasteiger partial charge in [0.05, 0.1) is 0 Å². The van der Waals surface area contributed by atoms with Crippen LogP contribution in [0.4, 0.5) is 0 Å². The molecule has 0 saturated heterocycles. The van der Waals surface area contributed by atoms with Crippen molar-refractivity contribution in [3.8, 4) is 22.3 Å². The molecule has 0 aromatic heterocycles. The summed E-state index contributed by atoms with van der Waals surface area (Å²) < 4.78 is 0. The summed E-state index contributed by atoms with van der Waals surface area (Å²) in [6.45, 7) is -0.281. The zero-order valence-electron chi connectivity index (χ0n) is 15.4. The summed E-state index contributed by atoms with van der Waals surface area (Å²) in [4.78, 5) is 0. The Morgan fingerprint density at radius 1 is 0.444 bits per heavy atom. The minimum atomic E-state index is -2.69. The van der Waals surface area contributed by atoms with Crippen molar-refractivity contribution < 1.29 is 0 Å². The third-order valence-electron chi connectivity index (χ3n) is 6.96. The van der Waals surface area contributed by atoms with Crippen LogP contribution in [0.15, 0.2) is 97.1 Å². The van der Waals surface area contributed by atoms with E-state index in [1.165, 1.54) is 22.3 Å². The minimum absolute atomic E-state index is 1.13. The van der Waals surface area contributed by atoms with E-state index in [0.717, 1.165) is 6.16 Å². The van der Waals surface area contributed by atoms with Gasteiger partial charge in [0.25, 0.3) is 0 Å². The number of benzene rings is 4. The van der Waals surface area contributed by atoms with Gasteiger partial charge in [-0.3, -0.25) is 0 Å². The molecule has 130 valence electrons. The predicted molar refractivity (Wildman–Crippen MR) is 120 cm³/mol. The molecule has 0 bridgehead atoms. The molecule has 0 N–H and O–H groups in total. The van der Waals surface area contributed by atoms with Crippen LogP contribution >= 0.6 is 6.60 Å². The van der Waals surface area contributed by atoms with Gasteiger partial charge in [-0.15, -0.1) is 0 Å². The summed E-state index contributed by atoms with van der Waals surface area (Å²) in [7, 11) is 0. The van der Waals surface area contributed by atoms with Crippen molar-refractivity contribution in [2.45, 2.75) is 6.92 Å². The number of rotatable bonds is 1. The van der Waals surface area contributed by atoms with Crippen LogP contribution in [0.25, 0.3) is 22.3 Å². The van der Waals surface area contributed by atoms with Crippen molar-refractivity contribution in [3.63, 3.8) is 0 Å². The average molecular weight is 364 g/mol. The molecule has 0 radical (unpaired) electrons. The molecule has 0 fully saturated rings. The number of fused-ring (bicyclic) bond motifs is 10. The zero-order chi connectivity index (χ0) is 18.1. The maximum absolute atomic E-state index is 2.69. The van der Waals surface area contributed by atoms with E-state index in [0.29, 0.717) is 0 Å². The van der Waals surface area contributed by atoms with E-state index < -0.39 is 6.60 Å². The maximum atomic E-state index is 2.41. The summed E-state index contributed by atoms with van der Waals surface area (Å²) >= 11 is 0. The summed E-state index contributed by atoms with van der Waals surface area (Å²) in [6.07, 6.45) is 1.13. The molecule has 1 heteroatoms. The van der Waals surface area contributed by atoms with Crippen LogP contribution in [0, 0.1) is 0 Å². The van der Waals surface area contributed by atoms with E-state index in [2.05, 4.69) is 104 Å². The second-order valence-electron chi connectivity index (χ2n) is 7.69. The van der Waals surface area contributed by atoms with Crippen molar-refractivity contribution in [2.24, 2.45) is 0 Å². The first-order valence-corrected chi connectivity index (χ1v) is 12.1. The third kappa shape index (κ3) is 1.45. The first-order valence-electron chi connectivity index (χ1n) is 9.73. The quantitative estimate of drug-likeness (QED) is 0.425. The van der Waals surface area contributed by atoms with Crippen molar-refractivity contribution >= 4 is 27.8 Å². The molecule has 1 spiro atoms. The zero-order valence-corrected chi connectivity index (χ0v) is 16.3. The van der Waals surface area contributed by atoms with Crippen LogP contribution in [0.3, 0.4) is 0 Å². The Bertz CT molecular complexity index is 1040. The fraction of sp³-hybridized carbons (Fsp3) is 0.0769. The third-order valence-corrected chi connectivity index (χ3v) is 14.0. The van der Waals surface area contributed by atoms with Crippen molar-refractivity contribution in [2.75, 3.05) is 6.16 Å². The standard InChI is InChI=1S/C26H21P/c1-2-27(23-15-7-3-11-19(23)20-12-4-8-16-24(20)27)25-17-9-5-13-21(25)22-14-6-10-18-26(22)27/h3-18H,2H2,1H3. The first-order chi connectivity index (χ1) is 13.3. The Kier molecular flexibility index (Phi) is 2.83. The second-order valence-corrected chi connectivity index (χ2v) is 12.9. The summed E-state index contributed by atoms with van der Waals surface area (Å²) in [5.74, 6) is 0. The van der Waals surface area contributed by atoms with Crippen LogP contribution < -0.4 is 21.2 Å². The molecule has 6 rings (SSSR count). The molecule has 4 aromatic rings. The van der Waals surface area contributed by atoms with Gasteiger partial charge in [0.15, 0.2) is 0 Å². The van der Waals surface area contributed by atoms with Crippen molar-refractivity contribution in [1.82, 2.24) is 0 Å². The van der Waals surface area contributed by atoms with Crippen LogP contribution in [0.1, 0.15) is 6.92 Å². The SMILES string of the molecule is CCP12(c3ccccc3-c3ccccc31)c1ccccc1-c1ccccc12. The molecule has 0 atom stereocenters. The average Bonchev–Trinajstić information content (AvgIpc) is 3.18. The van der Waals surface area contributed by atoms with E-state index in [1.54, 1.807) is 21.2 Å². The van der Waals surface area contributed by atoms with Gasteiger partial charge < -0.3 is 0 Å². The molecular weight excluding hydrogens is 343 g/mol. The van der Waals surface area contributed by atoms with Crippen molar-refractivity contribution in [3.05, 3.63) is 97.1 Å². The molecule has 0 nitrogen and oxygen atoms in total. The van der Waals surface area contributed by atoms with Crippen LogP contribution in [-0.2, 0) is 0 Å². The van der Waals surface area contributed by atoms with E-state index in [9.17, 15) is 0 Å². The number of hydrogen-bond acceptors (Lipinski definition) is 0. The van der Waals surface area contributed by atoms with E-state index >= 15 is 0 Å². The van der Waals surface area contributed by atoms with Gasteiger partial charge in [0.2, 0.25) is 0 Å². The van der Waals surface area contributed by atoms with Crippen LogP contribution in [0.5, 0.6) is 0 Å². The van der Waals surface area contributed by atoms with Crippen LogP contribution in [0.2, 0.25) is 0 Å². The normalized spacial score (nSPS) is 18.0. The van der Waals surface area contributed by atoms with Gasteiger partial charge in [-0.1, -0.05) is 0 Å². The van der Waals surface area contributed by atoms with Gasteiger partial charge in [0.1, 0.15) is 0 Å². The topological polar surface area (TPSA) is 0 Å². The molecule has 0 unspecified atom stereocenters. The fourth-order valence-corrected chi connectivity index (χ4v) is 13.5. The Labute approximate surface area is 160 Å². The monoisotopic (exact) mass is 364 g/mol. The molecule has 0 amide bonds. The van der Waals surface area contributed by atoms with E-state index in [-0.39, 0.29) is 0 Å². The first kappa shape index (κ1) is 15.4. The molecule has 2 heterocycles. The van der Waals surface area contributed by atoms with Gasteiger partial charge in [0, 0.05) is 0 Å². The van der Waals surface area contributed by atoms with Gasteiger partial charge >= 0.3 is 160 Å². The molecule has 0 saturated carbocycles. The van der Waals surface area contributed by atoms with Gasteiger partial charge in [-0.25, -0.2) is 0 Å². The summed E-state index contributed by atoms with van der Waals surface area (Å²) in [5.41, 5.74) is 5.72. The van der Waals surface area contributed by atoms with E-state index in [4.69, 9.17) is 0 Å². The molecule has 2 aliphatic heterocycles. The summed E-state index contributed by atoms with van der Waals surface area (Å²) in [6, 6.07) is 36.7. The molecule has 4 aromatic carbocycles. The molecular formula is C26H21P. The predicted octanol–water partition coefficient (Wildman–Crippen LogP) is 4.82. The fourth-order valence-electron chi connectivity index (χ4n) is 5.99. The number of hydrogen-bond donors (Lipinski definition) is 0. The van der Waals surface area contributed by atoms with Gasteiger partial charge in [-0.05, 0) is 0 Å². The van der Waals surface area contributed by atoms with Gasteiger partial charge in [-0.2, -0.15) is 0 Å². The molecule has 2 aliphatic rings. The Balaban J connectivity index is 1.97. The Hall–Kier alpha value is -2.69. The summed E-state index contributed by atoms with van der Waals surface area (Å²) in [5, 5.41) is 6.24. The Morgan fingerprint density at radius 3 is 0.963 bits per heavy atom. The Morgan fingerprint density at radius 2 is 0.704 bits per heavy atom. The second kappa shape index (κ2) is 4.97.